The van der Waals surface area contributed by atoms with E-state index in [-0.39, 0.29) is 11.1 Å². The molecule has 3 aromatic rings. The lowest BCUT2D eigenvalue weighted by atomic mass is 10.1. The number of aliphatic hydroxyl groups excluding tert-OH is 1. The van der Waals surface area contributed by atoms with Crippen LogP contribution in [0, 0.1) is 0 Å². The summed E-state index contributed by atoms with van der Waals surface area (Å²) in [7, 11) is 1.17. The molecule has 0 saturated heterocycles. The Morgan fingerprint density at radius 2 is 1.74 bits per heavy atom. The third kappa shape index (κ3) is 6.21. The summed E-state index contributed by atoms with van der Waals surface area (Å²) in [6.45, 7) is 5.17. The van der Waals surface area contributed by atoms with Crippen molar-refractivity contribution in [2.45, 2.75) is 32.5 Å². The molecule has 0 radical (unpaired) electrons. The molecular weight excluding hydrogens is 456 g/mol. The maximum absolute atomic E-state index is 13.4. The first kappa shape index (κ1) is 24.9. The molecule has 9 heteroatoms. The Labute approximate surface area is 201 Å². The SMILES string of the molecule is COC(=O)C(O)c1ccc(C(=O)N(NC(=O)OC(C)(C)C)c2cccc(-c3cccs3)c2)cc1. The summed E-state index contributed by atoms with van der Waals surface area (Å²) >= 11 is 1.55. The molecule has 2 amide bonds. The van der Waals surface area contributed by atoms with Gasteiger partial charge in [-0.05, 0) is 67.6 Å². The lowest BCUT2D eigenvalue weighted by Crippen LogP contribution is -2.48. The van der Waals surface area contributed by atoms with Crippen LogP contribution < -0.4 is 10.4 Å². The summed E-state index contributed by atoms with van der Waals surface area (Å²) in [4.78, 5) is 38.5. The predicted molar refractivity (Wildman–Crippen MR) is 129 cm³/mol. The van der Waals surface area contributed by atoms with Crippen LogP contribution in [0.3, 0.4) is 0 Å². The number of methoxy groups -OCH3 is 1. The zero-order valence-corrected chi connectivity index (χ0v) is 20.1. The number of esters is 1. The smallest absolute Gasteiger partial charge is 0.427 e. The van der Waals surface area contributed by atoms with Gasteiger partial charge >= 0.3 is 12.1 Å². The number of carbonyl (C=O) groups excluding carboxylic acids is 3. The van der Waals surface area contributed by atoms with Gasteiger partial charge in [0.2, 0.25) is 0 Å². The lowest BCUT2D eigenvalue weighted by Gasteiger charge is -2.26. The van der Waals surface area contributed by atoms with Gasteiger partial charge in [-0.2, -0.15) is 0 Å². The number of carbonyl (C=O) groups is 3. The minimum Gasteiger partial charge on any atom is -0.467 e. The molecule has 8 nitrogen and oxygen atoms in total. The number of hydrogen-bond acceptors (Lipinski definition) is 7. The van der Waals surface area contributed by atoms with Crippen LogP contribution in [0.5, 0.6) is 0 Å². The van der Waals surface area contributed by atoms with Crippen molar-refractivity contribution < 1.29 is 29.0 Å². The van der Waals surface area contributed by atoms with Crippen LogP contribution in [-0.4, -0.2) is 35.8 Å². The number of amides is 2. The number of nitrogens with one attached hydrogen (secondary N) is 1. The number of benzene rings is 2. The Morgan fingerprint density at radius 3 is 2.32 bits per heavy atom. The van der Waals surface area contributed by atoms with E-state index in [0.717, 1.165) is 15.4 Å². The molecule has 1 heterocycles. The van der Waals surface area contributed by atoms with E-state index < -0.39 is 29.7 Å². The maximum Gasteiger partial charge on any atom is 0.427 e. The second-order valence-electron chi connectivity index (χ2n) is 8.33. The van der Waals surface area contributed by atoms with Gasteiger partial charge in [0, 0.05) is 10.4 Å². The summed E-state index contributed by atoms with van der Waals surface area (Å²) in [6, 6.07) is 16.9. The van der Waals surface area contributed by atoms with Crippen molar-refractivity contribution >= 4 is 35.0 Å². The van der Waals surface area contributed by atoms with Crippen molar-refractivity contribution in [3.63, 3.8) is 0 Å². The summed E-state index contributed by atoms with van der Waals surface area (Å²) in [6.07, 6.45) is -2.26. The zero-order chi connectivity index (χ0) is 24.9. The fourth-order valence-corrected chi connectivity index (χ4v) is 3.77. The highest BCUT2D eigenvalue weighted by Crippen LogP contribution is 2.28. The van der Waals surface area contributed by atoms with Crippen LogP contribution in [0.2, 0.25) is 0 Å². The quantitative estimate of drug-likeness (QED) is 0.403. The standard InChI is InChI=1S/C25H26N2O6S/c1-25(2,3)33-24(31)26-27(19-8-5-7-18(15-19)20-9-6-14-34-20)22(29)17-12-10-16(11-13-17)21(28)23(30)32-4/h5-15,21,28H,1-4H3,(H,26,31). The molecule has 0 fully saturated rings. The van der Waals surface area contributed by atoms with E-state index in [9.17, 15) is 19.5 Å². The molecular formula is C25H26N2O6S. The molecule has 0 aliphatic carbocycles. The molecule has 34 heavy (non-hydrogen) atoms. The molecule has 2 aromatic carbocycles. The van der Waals surface area contributed by atoms with Crippen LogP contribution in [0.25, 0.3) is 10.4 Å². The average Bonchev–Trinajstić information content (AvgIpc) is 3.35. The van der Waals surface area contributed by atoms with Gasteiger partial charge < -0.3 is 14.6 Å². The molecule has 2 N–H and O–H groups in total. The molecule has 1 unspecified atom stereocenters. The normalized spacial score (nSPS) is 11.9. The summed E-state index contributed by atoms with van der Waals surface area (Å²) in [5, 5.41) is 13.1. The Hall–Kier alpha value is -3.69. The fourth-order valence-electron chi connectivity index (χ4n) is 3.05. The average molecular weight is 483 g/mol. The van der Waals surface area contributed by atoms with E-state index in [0.29, 0.717) is 5.69 Å². The minimum absolute atomic E-state index is 0.221. The Morgan fingerprint density at radius 1 is 1.03 bits per heavy atom. The number of hydrogen-bond donors (Lipinski definition) is 2. The topological polar surface area (TPSA) is 105 Å². The van der Waals surface area contributed by atoms with Gasteiger partial charge in [0.1, 0.15) is 5.60 Å². The monoisotopic (exact) mass is 482 g/mol. The largest absolute Gasteiger partial charge is 0.467 e. The fraction of sp³-hybridized carbons (Fsp3) is 0.240. The minimum atomic E-state index is -1.47. The van der Waals surface area contributed by atoms with E-state index in [1.54, 1.807) is 50.3 Å². The van der Waals surface area contributed by atoms with Gasteiger partial charge in [-0.15, -0.1) is 11.3 Å². The molecule has 0 aliphatic rings. The second kappa shape index (κ2) is 10.5. The van der Waals surface area contributed by atoms with E-state index in [1.165, 1.54) is 31.4 Å². The maximum atomic E-state index is 13.4. The van der Waals surface area contributed by atoms with E-state index in [4.69, 9.17) is 4.74 Å². The first-order valence-corrected chi connectivity index (χ1v) is 11.3. The van der Waals surface area contributed by atoms with Crippen LogP contribution in [0.15, 0.2) is 66.0 Å². The highest BCUT2D eigenvalue weighted by atomic mass is 32.1. The number of hydrazine groups is 1. The van der Waals surface area contributed by atoms with Crippen molar-refractivity contribution in [3.05, 3.63) is 77.2 Å². The number of thiophene rings is 1. The third-order valence-corrected chi connectivity index (χ3v) is 5.53. The number of ether oxygens (including phenoxy) is 2. The highest BCUT2D eigenvalue weighted by molar-refractivity contribution is 7.13. The number of nitrogens with zero attached hydrogens (tertiary/aromatic N) is 1. The van der Waals surface area contributed by atoms with Crippen LogP contribution in [0.4, 0.5) is 10.5 Å². The van der Waals surface area contributed by atoms with E-state index in [1.807, 2.05) is 23.6 Å². The van der Waals surface area contributed by atoms with Gasteiger partial charge in [0.15, 0.2) is 6.10 Å². The summed E-state index contributed by atoms with van der Waals surface area (Å²) in [5.41, 5.74) is 3.57. The molecule has 0 bridgehead atoms. The first-order valence-electron chi connectivity index (χ1n) is 10.4. The molecule has 1 aromatic heterocycles. The first-order chi connectivity index (χ1) is 16.1. The summed E-state index contributed by atoms with van der Waals surface area (Å²) in [5.74, 6) is -1.34. The van der Waals surface area contributed by atoms with Gasteiger partial charge in [-0.3, -0.25) is 4.79 Å². The van der Waals surface area contributed by atoms with Crippen molar-refractivity contribution in [3.8, 4) is 10.4 Å². The molecule has 1 atom stereocenters. The molecule has 3 rings (SSSR count). The Balaban J connectivity index is 1.94. The number of rotatable bonds is 5. The molecule has 0 aliphatic heterocycles. The van der Waals surface area contributed by atoms with E-state index >= 15 is 0 Å². The van der Waals surface area contributed by atoms with E-state index in [2.05, 4.69) is 10.2 Å². The van der Waals surface area contributed by atoms with Gasteiger partial charge in [0.25, 0.3) is 5.91 Å². The van der Waals surface area contributed by atoms with Crippen molar-refractivity contribution in [1.29, 1.82) is 0 Å². The molecule has 178 valence electrons. The number of aliphatic hydroxyl groups is 1. The number of anilines is 1. The van der Waals surface area contributed by atoms with Crippen LogP contribution in [-0.2, 0) is 14.3 Å². The molecule has 0 saturated carbocycles. The van der Waals surface area contributed by atoms with Crippen LogP contribution >= 0.6 is 11.3 Å². The van der Waals surface area contributed by atoms with Crippen molar-refractivity contribution in [2.24, 2.45) is 0 Å². The van der Waals surface area contributed by atoms with Crippen molar-refractivity contribution in [2.75, 3.05) is 12.1 Å². The van der Waals surface area contributed by atoms with Gasteiger partial charge in [-0.25, -0.2) is 20.0 Å². The summed E-state index contributed by atoms with van der Waals surface area (Å²) < 4.78 is 9.88. The zero-order valence-electron chi connectivity index (χ0n) is 19.3. The second-order valence-corrected chi connectivity index (χ2v) is 9.28. The Bertz CT molecular complexity index is 1150. The highest BCUT2D eigenvalue weighted by Gasteiger charge is 2.25. The van der Waals surface area contributed by atoms with Crippen LogP contribution in [0.1, 0.15) is 42.8 Å². The third-order valence-electron chi connectivity index (χ3n) is 4.61. The van der Waals surface area contributed by atoms with Crippen molar-refractivity contribution in [1.82, 2.24) is 5.43 Å². The molecule has 0 spiro atoms. The predicted octanol–water partition coefficient (Wildman–Crippen LogP) is 4.71. The van der Waals surface area contributed by atoms with Gasteiger partial charge in [-0.1, -0.05) is 30.3 Å². The Kier molecular flexibility index (Phi) is 7.70. The van der Waals surface area contributed by atoms with Gasteiger partial charge in [0.05, 0.1) is 12.8 Å². The lowest BCUT2D eigenvalue weighted by molar-refractivity contribution is -0.150.